The van der Waals surface area contributed by atoms with Crippen molar-refractivity contribution in [1.82, 2.24) is 0 Å². The van der Waals surface area contributed by atoms with E-state index in [1.54, 1.807) is 6.07 Å². The third-order valence-electron chi connectivity index (χ3n) is 2.85. The predicted octanol–water partition coefficient (Wildman–Crippen LogP) is 2.22. The second-order valence-corrected chi connectivity index (χ2v) is 4.38. The lowest BCUT2D eigenvalue weighted by atomic mass is 9.94. The van der Waals surface area contributed by atoms with Gasteiger partial charge in [-0.15, -0.1) is 0 Å². The predicted molar refractivity (Wildman–Crippen MR) is 67.3 cm³/mol. The molecule has 0 unspecified atom stereocenters. The highest BCUT2D eigenvalue weighted by Gasteiger charge is 2.21. The summed E-state index contributed by atoms with van der Waals surface area (Å²) in [4.78, 5) is 11.1. The molecule has 1 aliphatic heterocycles. The number of carbonyl (C=O) groups is 1. The van der Waals surface area contributed by atoms with E-state index >= 15 is 0 Å². The SMILES string of the molecule is Nc1c(C(=O)O)cc(CBr)c2c1NCCC2. The minimum atomic E-state index is -0.977. The number of carboxylic acids is 1. The molecule has 1 aromatic rings. The van der Waals surface area contributed by atoms with Crippen molar-refractivity contribution in [2.24, 2.45) is 0 Å². The number of hydrogen-bond donors (Lipinski definition) is 3. The van der Waals surface area contributed by atoms with Gasteiger partial charge in [0.15, 0.2) is 0 Å². The Balaban J connectivity index is 2.64. The molecule has 0 radical (unpaired) electrons. The highest BCUT2D eigenvalue weighted by Crippen LogP contribution is 2.35. The van der Waals surface area contributed by atoms with Gasteiger partial charge in [-0.05, 0) is 30.0 Å². The van der Waals surface area contributed by atoms with Crippen molar-refractivity contribution in [2.45, 2.75) is 18.2 Å². The van der Waals surface area contributed by atoms with Crippen LogP contribution in [0.3, 0.4) is 0 Å². The molecule has 0 saturated heterocycles. The molecule has 4 N–H and O–H groups in total. The minimum Gasteiger partial charge on any atom is -0.478 e. The van der Waals surface area contributed by atoms with Gasteiger partial charge < -0.3 is 16.2 Å². The fourth-order valence-electron chi connectivity index (χ4n) is 2.06. The van der Waals surface area contributed by atoms with Crippen LogP contribution in [-0.2, 0) is 11.8 Å². The van der Waals surface area contributed by atoms with Crippen molar-refractivity contribution in [3.05, 3.63) is 22.8 Å². The lowest BCUT2D eigenvalue weighted by molar-refractivity contribution is 0.0698. The molecule has 0 bridgehead atoms. The van der Waals surface area contributed by atoms with Crippen LogP contribution in [0.15, 0.2) is 6.07 Å². The van der Waals surface area contributed by atoms with Gasteiger partial charge in [-0.25, -0.2) is 4.79 Å². The summed E-state index contributed by atoms with van der Waals surface area (Å²) in [7, 11) is 0. The van der Waals surface area contributed by atoms with E-state index in [2.05, 4.69) is 21.2 Å². The van der Waals surface area contributed by atoms with Crippen LogP contribution in [0.1, 0.15) is 27.9 Å². The number of nitrogens with one attached hydrogen (secondary N) is 1. The number of alkyl halides is 1. The van der Waals surface area contributed by atoms with Gasteiger partial charge in [-0.3, -0.25) is 0 Å². The van der Waals surface area contributed by atoms with Crippen LogP contribution < -0.4 is 11.1 Å². The number of hydrogen-bond acceptors (Lipinski definition) is 3. The first kappa shape index (κ1) is 11.3. The third kappa shape index (κ3) is 1.75. The molecule has 0 saturated carbocycles. The van der Waals surface area contributed by atoms with Crippen molar-refractivity contribution in [1.29, 1.82) is 0 Å². The van der Waals surface area contributed by atoms with Crippen molar-refractivity contribution < 1.29 is 9.90 Å². The minimum absolute atomic E-state index is 0.183. The largest absolute Gasteiger partial charge is 0.478 e. The summed E-state index contributed by atoms with van der Waals surface area (Å²) < 4.78 is 0. The molecule has 16 heavy (non-hydrogen) atoms. The Bertz CT molecular complexity index is 446. The summed E-state index contributed by atoms with van der Waals surface area (Å²) in [5.74, 6) is -0.977. The molecule has 0 spiro atoms. The first-order valence-corrected chi connectivity index (χ1v) is 6.24. The Morgan fingerprint density at radius 3 is 3.00 bits per heavy atom. The van der Waals surface area contributed by atoms with Crippen LogP contribution in [0.5, 0.6) is 0 Å². The van der Waals surface area contributed by atoms with Crippen LogP contribution in [0, 0.1) is 0 Å². The van der Waals surface area contributed by atoms with E-state index in [-0.39, 0.29) is 5.56 Å². The lowest BCUT2D eigenvalue weighted by Gasteiger charge is -2.23. The first-order chi connectivity index (χ1) is 7.65. The monoisotopic (exact) mass is 284 g/mol. The topological polar surface area (TPSA) is 75.4 Å². The number of fused-ring (bicyclic) bond motifs is 1. The highest BCUT2D eigenvalue weighted by atomic mass is 79.9. The smallest absolute Gasteiger partial charge is 0.337 e. The molecule has 0 aliphatic carbocycles. The molecule has 2 rings (SSSR count). The molecular weight excluding hydrogens is 272 g/mol. The fourth-order valence-corrected chi connectivity index (χ4v) is 2.56. The molecule has 4 nitrogen and oxygen atoms in total. The maximum atomic E-state index is 11.1. The van der Waals surface area contributed by atoms with Gasteiger partial charge >= 0.3 is 5.97 Å². The molecule has 0 amide bonds. The summed E-state index contributed by atoms with van der Waals surface area (Å²) in [5, 5.41) is 12.9. The summed E-state index contributed by atoms with van der Waals surface area (Å²) in [6.07, 6.45) is 2.01. The molecular formula is C11H13BrN2O2. The van der Waals surface area contributed by atoms with Crippen LogP contribution in [0.25, 0.3) is 0 Å². The van der Waals surface area contributed by atoms with Gasteiger partial charge in [-0.1, -0.05) is 15.9 Å². The Kier molecular flexibility index (Phi) is 3.05. The van der Waals surface area contributed by atoms with E-state index in [0.29, 0.717) is 11.0 Å². The lowest BCUT2D eigenvalue weighted by Crippen LogP contribution is -2.17. The Labute approximate surface area is 102 Å². The molecule has 1 heterocycles. The Morgan fingerprint density at radius 2 is 2.38 bits per heavy atom. The van der Waals surface area contributed by atoms with Crippen LogP contribution in [0.2, 0.25) is 0 Å². The zero-order valence-electron chi connectivity index (χ0n) is 8.72. The normalized spacial score (nSPS) is 14.1. The first-order valence-electron chi connectivity index (χ1n) is 5.12. The summed E-state index contributed by atoms with van der Waals surface area (Å²) in [5.41, 5.74) is 9.36. The molecule has 0 fully saturated rings. The Hall–Kier alpha value is -1.23. The quantitative estimate of drug-likeness (QED) is 0.575. The standard InChI is InChI=1S/C11H13BrN2O2/c12-5-6-4-8(11(15)16)9(13)10-7(6)2-1-3-14-10/h4,14H,1-3,5,13H2,(H,15,16). The van der Waals surface area contributed by atoms with Crippen molar-refractivity contribution in [2.75, 3.05) is 17.6 Å². The second kappa shape index (κ2) is 4.33. The summed E-state index contributed by atoms with van der Waals surface area (Å²) in [6.45, 7) is 0.849. The van der Waals surface area contributed by atoms with Crippen LogP contribution >= 0.6 is 15.9 Å². The van der Waals surface area contributed by atoms with Crippen LogP contribution in [-0.4, -0.2) is 17.6 Å². The molecule has 86 valence electrons. The van der Waals surface area contributed by atoms with Crippen molar-refractivity contribution >= 4 is 33.3 Å². The van der Waals surface area contributed by atoms with Crippen molar-refractivity contribution in [3.63, 3.8) is 0 Å². The number of aromatic carboxylic acids is 1. The average molecular weight is 285 g/mol. The number of halogens is 1. The van der Waals surface area contributed by atoms with Crippen LogP contribution in [0.4, 0.5) is 11.4 Å². The number of anilines is 2. The number of nitrogen functional groups attached to an aromatic ring is 1. The fraction of sp³-hybridized carbons (Fsp3) is 0.364. The maximum absolute atomic E-state index is 11.1. The maximum Gasteiger partial charge on any atom is 0.337 e. The number of nitrogens with two attached hydrogens (primary N) is 1. The number of benzene rings is 1. The second-order valence-electron chi connectivity index (χ2n) is 3.82. The highest BCUT2D eigenvalue weighted by molar-refractivity contribution is 9.08. The van der Waals surface area contributed by atoms with Gasteiger partial charge in [0.2, 0.25) is 0 Å². The van der Waals surface area contributed by atoms with Gasteiger partial charge in [0, 0.05) is 11.9 Å². The van der Waals surface area contributed by atoms with E-state index in [4.69, 9.17) is 10.8 Å². The van der Waals surface area contributed by atoms with Crippen molar-refractivity contribution in [3.8, 4) is 0 Å². The average Bonchev–Trinajstić information content (AvgIpc) is 2.29. The van der Waals surface area contributed by atoms with E-state index in [1.165, 1.54) is 0 Å². The van der Waals surface area contributed by atoms with E-state index < -0.39 is 5.97 Å². The molecule has 1 aromatic carbocycles. The molecule has 0 atom stereocenters. The van der Waals surface area contributed by atoms with Gasteiger partial charge in [0.25, 0.3) is 0 Å². The zero-order valence-corrected chi connectivity index (χ0v) is 10.3. The summed E-state index contributed by atoms with van der Waals surface area (Å²) >= 11 is 3.38. The molecule has 1 aliphatic rings. The summed E-state index contributed by atoms with van der Waals surface area (Å²) in [6, 6.07) is 1.66. The van der Waals surface area contributed by atoms with E-state index in [0.717, 1.165) is 36.2 Å². The van der Waals surface area contributed by atoms with E-state index in [1.807, 2.05) is 0 Å². The van der Waals surface area contributed by atoms with E-state index in [9.17, 15) is 4.79 Å². The van der Waals surface area contributed by atoms with Gasteiger partial charge in [-0.2, -0.15) is 0 Å². The Morgan fingerprint density at radius 1 is 1.62 bits per heavy atom. The number of carboxylic acid groups (broad SMARTS) is 1. The zero-order chi connectivity index (χ0) is 11.7. The molecule has 5 heteroatoms. The molecule has 0 aromatic heterocycles. The third-order valence-corrected chi connectivity index (χ3v) is 3.45. The van der Waals surface area contributed by atoms with Gasteiger partial charge in [0.1, 0.15) is 0 Å². The number of rotatable bonds is 2. The van der Waals surface area contributed by atoms with Gasteiger partial charge in [0.05, 0.1) is 16.9 Å².